The van der Waals surface area contributed by atoms with Gasteiger partial charge in [0.05, 0.1) is 5.69 Å². The van der Waals surface area contributed by atoms with Crippen molar-refractivity contribution < 1.29 is 4.79 Å². The van der Waals surface area contributed by atoms with Crippen molar-refractivity contribution in [3.8, 4) is 0 Å². The van der Waals surface area contributed by atoms with Crippen molar-refractivity contribution in [1.29, 1.82) is 0 Å². The highest BCUT2D eigenvalue weighted by atomic mass is 32.1. The Labute approximate surface area is 77.2 Å². The van der Waals surface area contributed by atoms with Crippen LogP contribution in [0.1, 0.15) is 6.42 Å². The first-order valence-corrected chi connectivity index (χ1v) is 4.39. The average molecular weight is 184 g/mol. The molecule has 0 atom stereocenters. The third kappa shape index (κ3) is 2.04. The molecule has 0 bridgehead atoms. The summed E-state index contributed by atoms with van der Waals surface area (Å²) in [5.74, 6) is 0.678. The summed E-state index contributed by atoms with van der Waals surface area (Å²) in [5.41, 5.74) is 0.891. The normalized spacial score (nSPS) is 9.83. The number of hydrogen-bond donors (Lipinski definition) is 2. The van der Waals surface area contributed by atoms with Crippen LogP contribution in [0.2, 0.25) is 0 Å². The molecule has 1 N–H and O–H groups in total. The van der Waals surface area contributed by atoms with Crippen molar-refractivity contribution in [3.05, 3.63) is 18.5 Å². The standard InChI is InChI=1S/C8H12N2OS/c1-10(8(11)3-5-12)7-2-4-9-6-7/h2,4,6,9,12H,3,5H2,1H3. The van der Waals surface area contributed by atoms with Crippen molar-refractivity contribution >= 4 is 24.2 Å². The summed E-state index contributed by atoms with van der Waals surface area (Å²) in [4.78, 5) is 15.8. The van der Waals surface area contributed by atoms with Crippen molar-refractivity contribution in [1.82, 2.24) is 4.98 Å². The van der Waals surface area contributed by atoms with Gasteiger partial charge < -0.3 is 9.88 Å². The van der Waals surface area contributed by atoms with Crippen molar-refractivity contribution in [2.45, 2.75) is 6.42 Å². The van der Waals surface area contributed by atoms with Crippen LogP contribution in [0.5, 0.6) is 0 Å². The van der Waals surface area contributed by atoms with E-state index < -0.39 is 0 Å². The van der Waals surface area contributed by atoms with Crippen LogP contribution in [0, 0.1) is 0 Å². The van der Waals surface area contributed by atoms with E-state index in [0.717, 1.165) is 5.69 Å². The molecule has 0 radical (unpaired) electrons. The van der Waals surface area contributed by atoms with E-state index in [4.69, 9.17) is 0 Å². The zero-order chi connectivity index (χ0) is 8.97. The number of nitrogens with one attached hydrogen (secondary N) is 1. The molecule has 1 amide bonds. The third-order valence-electron chi connectivity index (χ3n) is 1.67. The lowest BCUT2D eigenvalue weighted by molar-refractivity contribution is -0.117. The van der Waals surface area contributed by atoms with Gasteiger partial charge in [0.1, 0.15) is 0 Å². The Morgan fingerprint density at radius 2 is 2.50 bits per heavy atom. The van der Waals surface area contributed by atoms with Crippen molar-refractivity contribution in [2.75, 3.05) is 17.7 Å². The highest BCUT2D eigenvalue weighted by molar-refractivity contribution is 7.80. The Hall–Kier alpha value is -0.900. The molecule has 0 aliphatic rings. The second kappa shape index (κ2) is 4.21. The molecule has 0 aromatic carbocycles. The van der Waals surface area contributed by atoms with E-state index in [1.165, 1.54) is 0 Å². The Balaban J connectivity index is 2.59. The third-order valence-corrected chi connectivity index (χ3v) is 1.89. The first-order chi connectivity index (χ1) is 5.75. The summed E-state index contributed by atoms with van der Waals surface area (Å²) in [7, 11) is 1.76. The molecule has 1 rings (SSSR count). The van der Waals surface area contributed by atoms with Gasteiger partial charge in [-0.1, -0.05) is 0 Å². The summed E-state index contributed by atoms with van der Waals surface area (Å²) < 4.78 is 0. The fraction of sp³-hybridized carbons (Fsp3) is 0.375. The maximum atomic E-state index is 11.3. The summed E-state index contributed by atoms with van der Waals surface area (Å²) >= 11 is 4.00. The van der Waals surface area contributed by atoms with E-state index in [-0.39, 0.29) is 5.91 Å². The van der Waals surface area contributed by atoms with Crippen LogP contribution in [0.3, 0.4) is 0 Å². The van der Waals surface area contributed by atoms with Crippen LogP contribution in [-0.2, 0) is 4.79 Å². The van der Waals surface area contributed by atoms with Gasteiger partial charge in [-0.15, -0.1) is 0 Å². The fourth-order valence-electron chi connectivity index (χ4n) is 0.931. The number of aromatic amines is 1. The zero-order valence-electron chi connectivity index (χ0n) is 6.95. The first-order valence-electron chi connectivity index (χ1n) is 3.76. The molecule has 0 saturated heterocycles. The van der Waals surface area contributed by atoms with Crippen LogP contribution in [0.4, 0.5) is 5.69 Å². The number of rotatable bonds is 3. The molecule has 1 aromatic rings. The predicted octanol–water partition coefficient (Wildman–Crippen LogP) is 1.30. The number of H-pyrrole nitrogens is 1. The van der Waals surface area contributed by atoms with Gasteiger partial charge in [-0.05, 0) is 11.8 Å². The molecular weight excluding hydrogens is 172 g/mol. The Morgan fingerprint density at radius 3 is 3.00 bits per heavy atom. The predicted molar refractivity (Wildman–Crippen MR) is 52.7 cm³/mol. The molecule has 0 aliphatic carbocycles. The van der Waals surface area contributed by atoms with Gasteiger partial charge in [-0.3, -0.25) is 4.79 Å². The largest absolute Gasteiger partial charge is 0.366 e. The van der Waals surface area contributed by atoms with Gasteiger partial charge >= 0.3 is 0 Å². The van der Waals surface area contributed by atoms with Crippen LogP contribution >= 0.6 is 12.6 Å². The summed E-state index contributed by atoms with van der Waals surface area (Å²) in [6, 6.07) is 1.86. The topological polar surface area (TPSA) is 36.1 Å². The fourth-order valence-corrected chi connectivity index (χ4v) is 1.12. The lowest BCUT2D eigenvalue weighted by Gasteiger charge is -2.14. The SMILES string of the molecule is CN(C(=O)CCS)c1cc[nH]c1. The molecule has 3 nitrogen and oxygen atoms in total. The van der Waals surface area contributed by atoms with Crippen LogP contribution in [-0.4, -0.2) is 23.7 Å². The number of amides is 1. The van der Waals surface area contributed by atoms with E-state index in [9.17, 15) is 4.79 Å². The highest BCUT2D eigenvalue weighted by Gasteiger charge is 2.08. The number of carbonyl (C=O) groups excluding carboxylic acids is 1. The number of aromatic nitrogens is 1. The number of thiol groups is 1. The Bertz CT molecular complexity index is 246. The Kier molecular flexibility index (Phi) is 3.22. The van der Waals surface area contributed by atoms with Crippen molar-refractivity contribution in [2.24, 2.45) is 0 Å². The molecule has 4 heteroatoms. The number of nitrogens with zero attached hydrogens (tertiary/aromatic N) is 1. The van der Waals surface area contributed by atoms with Crippen LogP contribution in [0.15, 0.2) is 18.5 Å². The van der Waals surface area contributed by atoms with Gasteiger partial charge in [-0.25, -0.2) is 0 Å². The molecule has 0 fully saturated rings. The van der Waals surface area contributed by atoms with Gasteiger partial charge in [0.2, 0.25) is 5.91 Å². The van der Waals surface area contributed by atoms with Gasteiger partial charge in [0.25, 0.3) is 0 Å². The van der Waals surface area contributed by atoms with Gasteiger partial charge in [0.15, 0.2) is 0 Å². The van der Waals surface area contributed by atoms with E-state index >= 15 is 0 Å². The zero-order valence-corrected chi connectivity index (χ0v) is 7.84. The minimum atomic E-state index is 0.0876. The van der Waals surface area contributed by atoms with Crippen LogP contribution in [0.25, 0.3) is 0 Å². The maximum absolute atomic E-state index is 11.3. The average Bonchev–Trinajstić information content (AvgIpc) is 2.55. The monoisotopic (exact) mass is 184 g/mol. The van der Waals surface area contributed by atoms with E-state index in [0.29, 0.717) is 12.2 Å². The molecule has 0 saturated carbocycles. The van der Waals surface area contributed by atoms with E-state index in [2.05, 4.69) is 17.6 Å². The summed E-state index contributed by atoms with van der Waals surface area (Å²) in [6.45, 7) is 0. The molecule has 1 heterocycles. The maximum Gasteiger partial charge on any atom is 0.227 e. The molecule has 0 unspecified atom stereocenters. The molecule has 66 valence electrons. The lowest BCUT2D eigenvalue weighted by Crippen LogP contribution is -2.25. The number of anilines is 1. The second-order valence-electron chi connectivity index (χ2n) is 2.50. The molecular formula is C8H12N2OS. The highest BCUT2D eigenvalue weighted by Crippen LogP contribution is 2.11. The smallest absolute Gasteiger partial charge is 0.227 e. The molecule has 1 aromatic heterocycles. The number of hydrogen-bond acceptors (Lipinski definition) is 2. The van der Waals surface area contributed by atoms with Crippen molar-refractivity contribution in [3.63, 3.8) is 0 Å². The molecule has 0 aliphatic heterocycles. The molecule has 12 heavy (non-hydrogen) atoms. The minimum Gasteiger partial charge on any atom is -0.366 e. The van der Waals surface area contributed by atoms with E-state index in [1.54, 1.807) is 24.3 Å². The summed E-state index contributed by atoms with van der Waals surface area (Å²) in [6.07, 6.45) is 4.06. The number of carbonyl (C=O) groups is 1. The minimum absolute atomic E-state index is 0.0876. The Morgan fingerprint density at radius 1 is 1.75 bits per heavy atom. The molecule has 0 spiro atoms. The second-order valence-corrected chi connectivity index (χ2v) is 2.94. The van der Waals surface area contributed by atoms with Gasteiger partial charge in [-0.2, -0.15) is 12.6 Å². The van der Waals surface area contributed by atoms with E-state index in [1.807, 2.05) is 6.07 Å². The quantitative estimate of drug-likeness (QED) is 0.682. The summed E-state index contributed by atoms with van der Waals surface area (Å²) in [5, 5.41) is 0. The lowest BCUT2D eigenvalue weighted by atomic mass is 10.4. The first kappa shape index (κ1) is 9.19. The van der Waals surface area contributed by atoms with Crippen LogP contribution < -0.4 is 4.90 Å². The van der Waals surface area contributed by atoms with Gasteiger partial charge in [0, 0.05) is 25.9 Å².